The summed E-state index contributed by atoms with van der Waals surface area (Å²) in [5.41, 5.74) is -0.740. The summed E-state index contributed by atoms with van der Waals surface area (Å²) in [4.78, 5) is -0.0331. The van der Waals surface area contributed by atoms with E-state index in [1.54, 1.807) is 12.1 Å². The number of ether oxygens (including phenoxy) is 1. The Morgan fingerprint density at radius 3 is 2.43 bits per heavy atom. The molecule has 0 radical (unpaired) electrons. The molecule has 1 aliphatic rings. The Bertz CT molecular complexity index is 583. The lowest BCUT2D eigenvalue weighted by Gasteiger charge is -2.29. The number of aliphatic hydroxyl groups is 3. The molecule has 0 saturated carbocycles. The van der Waals surface area contributed by atoms with Gasteiger partial charge >= 0.3 is 0 Å². The summed E-state index contributed by atoms with van der Waals surface area (Å²) in [5.74, 6) is 0. The van der Waals surface area contributed by atoms with E-state index in [1.807, 2.05) is 6.92 Å². The van der Waals surface area contributed by atoms with E-state index < -0.39 is 41.1 Å². The predicted octanol–water partition coefficient (Wildman–Crippen LogP) is -0.817. The second-order valence-corrected chi connectivity index (χ2v) is 6.69. The zero-order valence-corrected chi connectivity index (χ0v) is 12.3. The highest BCUT2D eigenvalue weighted by Gasteiger charge is 2.49. The van der Waals surface area contributed by atoms with E-state index in [4.69, 9.17) is 8.92 Å². The molecule has 0 aliphatic carbocycles. The Morgan fingerprint density at radius 2 is 1.95 bits per heavy atom. The van der Waals surface area contributed by atoms with Gasteiger partial charge in [-0.2, -0.15) is 8.42 Å². The quantitative estimate of drug-likeness (QED) is 0.608. The average molecular weight is 318 g/mol. The summed E-state index contributed by atoms with van der Waals surface area (Å²) in [6.07, 6.45) is -2.61. The maximum absolute atomic E-state index is 12.0. The highest BCUT2D eigenvalue weighted by molar-refractivity contribution is 7.86. The summed E-state index contributed by atoms with van der Waals surface area (Å²) in [6, 6.07) is 6.06. The Hall–Kier alpha value is -1.03. The van der Waals surface area contributed by atoms with Crippen LogP contribution in [0.5, 0.6) is 0 Å². The van der Waals surface area contributed by atoms with Gasteiger partial charge in [-0.3, -0.25) is 4.18 Å². The monoisotopic (exact) mass is 318 g/mol. The third-order valence-corrected chi connectivity index (χ3v) is 4.76. The van der Waals surface area contributed by atoms with Crippen LogP contribution in [0, 0.1) is 6.92 Å². The van der Waals surface area contributed by atoms with Gasteiger partial charge in [-0.1, -0.05) is 17.7 Å². The Labute approximate surface area is 122 Å². The third kappa shape index (κ3) is 3.25. The Kier molecular flexibility index (Phi) is 4.66. The molecule has 0 amide bonds. The van der Waals surface area contributed by atoms with Crippen LogP contribution in [-0.4, -0.2) is 61.4 Å². The van der Waals surface area contributed by atoms with Crippen molar-refractivity contribution in [2.24, 2.45) is 0 Å². The van der Waals surface area contributed by atoms with Crippen molar-refractivity contribution >= 4 is 10.1 Å². The highest BCUT2D eigenvalue weighted by atomic mass is 32.2. The van der Waals surface area contributed by atoms with E-state index in [1.165, 1.54) is 12.1 Å². The minimum Gasteiger partial charge on any atom is -0.393 e. The van der Waals surface area contributed by atoms with Crippen molar-refractivity contribution in [3.63, 3.8) is 0 Å². The van der Waals surface area contributed by atoms with E-state index in [0.29, 0.717) is 0 Å². The van der Waals surface area contributed by atoms with Gasteiger partial charge in [0.25, 0.3) is 10.1 Å². The van der Waals surface area contributed by atoms with Crippen LogP contribution >= 0.6 is 0 Å². The molecule has 0 bridgehead atoms. The molecule has 8 heteroatoms. The molecule has 2 unspecified atom stereocenters. The van der Waals surface area contributed by atoms with E-state index >= 15 is 0 Å². The Morgan fingerprint density at radius 1 is 1.33 bits per heavy atom. The molecular weight excluding hydrogens is 300 g/mol. The lowest BCUT2D eigenvalue weighted by molar-refractivity contribution is -0.115. The largest absolute Gasteiger partial charge is 0.393 e. The fourth-order valence-corrected chi connectivity index (χ4v) is 3.00. The van der Waals surface area contributed by atoms with Crippen molar-refractivity contribution in [2.45, 2.75) is 29.6 Å². The first-order valence-electron chi connectivity index (χ1n) is 6.38. The first-order chi connectivity index (χ1) is 9.81. The van der Waals surface area contributed by atoms with Gasteiger partial charge in [-0.15, -0.1) is 0 Å². The molecule has 2 rings (SSSR count). The van der Waals surface area contributed by atoms with E-state index in [-0.39, 0.29) is 11.5 Å². The standard InChI is InChI=1S/C13H18O7S/c1-9-2-4-10(5-3-9)21(17,18)20-8-13(7-14)12(16)11(15)6-19-13/h2-5,11-12,14-16H,6-8H2,1H3/t11?,12?,13-/m0/s1. The van der Waals surface area contributed by atoms with Crippen LogP contribution in [0.1, 0.15) is 5.56 Å². The van der Waals surface area contributed by atoms with Crippen LogP contribution in [0.15, 0.2) is 29.2 Å². The number of hydrogen-bond acceptors (Lipinski definition) is 7. The summed E-state index contributed by atoms with van der Waals surface area (Å²) in [6.45, 7) is 0.365. The Balaban J connectivity index is 2.12. The van der Waals surface area contributed by atoms with Crippen LogP contribution in [0.4, 0.5) is 0 Å². The van der Waals surface area contributed by atoms with Crippen molar-refractivity contribution in [3.8, 4) is 0 Å². The summed E-state index contributed by atoms with van der Waals surface area (Å²) in [7, 11) is -4.04. The maximum atomic E-state index is 12.0. The van der Waals surface area contributed by atoms with Gasteiger partial charge in [0.05, 0.1) is 18.1 Å². The molecule has 1 saturated heterocycles. The number of aliphatic hydroxyl groups excluding tert-OH is 3. The fraction of sp³-hybridized carbons (Fsp3) is 0.538. The second kappa shape index (κ2) is 5.99. The lowest BCUT2D eigenvalue weighted by Crippen LogP contribution is -2.50. The molecule has 1 aromatic rings. The highest BCUT2D eigenvalue weighted by Crippen LogP contribution is 2.28. The topological polar surface area (TPSA) is 113 Å². The third-order valence-electron chi connectivity index (χ3n) is 3.48. The van der Waals surface area contributed by atoms with Crippen molar-refractivity contribution in [1.82, 2.24) is 0 Å². The van der Waals surface area contributed by atoms with Crippen molar-refractivity contribution < 1.29 is 32.7 Å². The molecule has 1 aliphatic heterocycles. The van der Waals surface area contributed by atoms with Gasteiger partial charge in [-0.25, -0.2) is 0 Å². The number of rotatable bonds is 5. The predicted molar refractivity (Wildman–Crippen MR) is 72.1 cm³/mol. The van der Waals surface area contributed by atoms with Crippen LogP contribution in [0.25, 0.3) is 0 Å². The molecule has 7 nitrogen and oxygen atoms in total. The summed E-state index contributed by atoms with van der Waals surface area (Å²) >= 11 is 0. The van der Waals surface area contributed by atoms with Crippen molar-refractivity contribution in [1.29, 1.82) is 0 Å². The first kappa shape index (κ1) is 16.3. The SMILES string of the molecule is Cc1ccc(S(=O)(=O)OC[C@]2(CO)OCC(O)C2O)cc1. The molecule has 21 heavy (non-hydrogen) atoms. The summed E-state index contributed by atoms with van der Waals surface area (Å²) in [5, 5.41) is 28.6. The van der Waals surface area contributed by atoms with Crippen LogP contribution in [0.2, 0.25) is 0 Å². The number of hydrogen-bond donors (Lipinski definition) is 3. The van der Waals surface area contributed by atoms with Gasteiger partial charge < -0.3 is 20.1 Å². The van der Waals surface area contributed by atoms with Crippen LogP contribution in [0.3, 0.4) is 0 Å². The van der Waals surface area contributed by atoms with Gasteiger partial charge in [0.2, 0.25) is 0 Å². The molecule has 1 fully saturated rings. The molecule has 1 heterocycles. The van der Waals surface area contributed by atoms with E-state index in [9.17, 15) is 23.7 Å². The number of benzene rings is 1. The van der Waals surface area contributed by atoms with Crippen LogP contribution < -0.4 is 0 Å². The molecule has 3 N–H and O–H groups in total. The van der Waals surface area contributed by atoms with Gasteiger partial charge in [0.15, 0.2) is 0 Å². The zero-order chi connectivity index (χ0) is 15.7. The molecule has 3 atom stereocenters. The number of aryl methyl sites for hydroxylation is 1. The van der Waals surface area contributed by atoms with Gasteiger partial charge in [0.1, 0.15) is 24.4 Å². The fourth-order valence-electron chi connectivity index (χ4n) is 2.04. The van der Waals surface area contributed by atoms with E-state index in [2.05, 4.69) is 0 Å². The average Bonchev–Trinajstić information content (AvgIpc) is 2.74. The van der Waals surface area contributed by atoms with Gasteiger partial charge in [0, 0.05) is 0 Å². The molecule has 1 aromatic carbocycles. The van der Waals surface area contributed by atoms with Crippen molar-refractivity contribution in [3.05, 3.63) is 29.8 Å². The normalized spacial score (nSPS) is 29.7. The minimum atomic E-state index is -4.04. The van der Waals surface area contributed by atoms with Crippen LogP contribution in [-0.2, 0) is 19.0 Å². The lowest BCUT2D eigenvalue weighted by atomic mass is 9.98. The second-order valence-electron chi connectivity index (χ2n) is 5.08. The molecule has 0 spiro atoms. The molecule has 118 valence electrons. The van der Waals surface area contributed by atoms with Crippen molar-refractivity contribution in [2.75, 3.05) is 19.8 Å². The zero-order valence-electron chi connectivity index (χ0n) is 11.5. The molecular formula is C13H18O7S. The van der Waals surface area contributed by atoms with Gasteiger partial charge in [-0.05, 0) is 19.1 Å². The molecule has 0 aromatic heterocycles. The summed E-state index contributed by atoms with van der Waals surface area (Å²) < 4.78 is 34.1. The minimum absolute atomic E-state index is 0.0331. The smallest absolute Gasteiger partial charge is 0.297 e. The first-order valence-corrected chi connectivity index (χ1v) is 7.79. The maximum Gasteiger partial charge on any atom is 0.297 e. The van der Waals surface area contributed by atoms with E-state index in [0.717, 1.165) is 5.56 Å².